The minimum Gasteiger partial charge on any atom is -0.396 e. The van der Waals surface area contributed by atoms with Gasteiger partial charge in [-0.25, -0.2) is 4.98 Å². The normalized spacial score (nSPS) is 23.2. The van der Waals surface area contributed by atoms with Crippen LogP contribution in [-0.2, 0) is 17.6 Å². The lowest BCUT2D eigenvalue weighted by molar-refractivity contribution is 0.0820. The summed E-state index contributed by atoms with van der Waals surface area (Å²) in [5, 5.41) is 19.7. The average molecular weight is 343 g/mol. The molecule has 2 heterocycles. The monoisotopic (exact) mass is 343 g/mol. The summed E-state index contributed by atoms with van der Waals surface area (Å²) in [5.74, 6) is 0.826. The maximum absolute atomic E-state index is 10.1. The number of rotatable bonds is 6. The summed E-state index contributed by atoms with van der Waals surface area (Å²) in [5.41, 5.74) is 2.99. The highest BCUT2D eigenvalue weighted by Crippen LogP contribution is 2.37. The highest BCUT2D eigenvalue weighted by Gasteiger charge is 2.36. The third-order valence-corrected chi connectivity index (χ3v) is 5.75. The summed E-state index contributed by atoms with van der Waals surface area (Å²) in [6.07, 6.45) is 8.37. The summed E-state index contributed by atoms with van der Waals surface area (Å²) < 4.78 is 5.18. The first kappa shape index (κ1) is 18.2. The summed E-state index contributed by atoms with van der Waals surface area (Å²) >= 11 is 0. The number of aliphatic hydroxyl groups excluding tert-OH is 1. The summed E-state index contributed by atoms with van der Waals surface area (Å²) in [4.78, 5) is 7.14. The van der Waals surface area contributed by atoms with Gasteiger partial charge in [0.25, 0.3) is 0 Å². The standard InChI is InChI=1S/C20H29N3O2/c1-25-11-5-9-20(15-24)8-4-10-23(14-20)19-17(13-21)12-16-6-2-3-7-18(16)22-19/h12,24H,2-11,14-15H2,1H3. The zero-order valence-corrected chi connectivity index (χ0v) is 15.3. The number of aryl methyl sites for hydroxylation is 2. The molecule has 1 saturated heterocycles. The molecule has 0 amide bonds. The Hall–Kier alpha value is -1.64. The number of ether oxygens (including phenoxy) is 1. The SMILES string of the molecule is COCCCC1(CO)CCCN(c2nc3c(cc2C#N)CCCC3)C1. The molecule has 2 aliphatic rings. The third kappa shape index (κ3) is 3.96. The van der Waals surface area contributed by atoms with Crippen molar-refractivity contribution < 1.29 is 9.84 Å². The van der Waals surface area contributed by atoms with Gasteiger partial charge in [-0.2, -0.15) is 5.26 Å². The fourth-order valence-electron chi connectivity index (χ4n) is 4.34. The Bertz CT molecular complexity index is 641. The fourth-order valence-corrected chi connectivity index (χ4v) is 4.34. The van der Waals surface area contributed by atoms with E-state index in [0.717, 1.165) is 64.0 Å². The largest absolute Gasteiger partial charge is 0.396 e. The molecular formula is C20H29N3O2. The van der Waals surface area contributed by atoms with Gasteiger partial charge in [0.15, 0.2) is 0 Å². The number of hydrogen-bond donors (Lipinski definition) is 1. The maximum atomic E-state index is 10.1. The molecule has 0 radical (unpaired) electrons. The number of hydrogen-bond acceptors (Lipinski definition) is 5. The van der Waals surface area contributed by atoms with Crippen LogP contribution in [0.3, 0.4) is 0 Å². The second-order valence-corrected chi connectivity index (χ2v) is 7.56. The second-order valence-electron chi connectivity index (χ2n) is 7.56. The predicted octanol–water partition coefficient (Wildman–Crippen LogP) is 2.84. The van der Waals surface area contributed by atoms with Crippen molar-refractivity contribution >= 4 is 5.82 Å². The number of piperidine rings is 1. The molecule has 5 nitrogen and oxygen atoms in total. The molecule has 0 spiro atoms. The molecule has 3 rings (SSSR count). The van der Waals surface area contributed by atoms with E-state index in [1.165, 1.54) is 24.1 Å². The van der Waals surface area contributed by atoms with Crippen molar-refractivity contribution in [2.24, 2.45) is 5.41 Å². The first-order valence-corrected chi connectivity index (χ1v) is 9.49. The number of nitrogens with zero attached hydrogens (tertiary/aromatic N) is 3. The van der Waals surface area contributed by atoms with Crippen LogP contribution in [0.2, 0.25) is 0 Å². The maximum Gasteiger partial charge on any atom is 0.146 e. The first-order chi connectivity index (χ1) is 12.2. The first-order valence-electron chi connectivity index (χ1n) is 9.49. The van der Waals surface area contributed by atoms with Crippen molar-refractivity contribution in [3.8, 4) is 6.07 Å². The predicted molar refractivity (Wildman–Crippen MR) is 97.7 cm³/mol. The van der Waals surface area contributed by atoms with Crippen molar-refractivity contribution in [1.29, 1.82) is 5.26 Å². The molecule has 136 valence electrons. The fraction of sp³-hybridized carbons (Fsp3) is 0.700. The quantitative estimate of drug-likeness (QED) is 0.804. The van der Waals surface area contributed by atoms with Crippen LogP contribution in [0.5, 0.6) is 0 Å². The van der Waals surface area contributed by atoms with E-state index in [0.29, 0.717) is 5.56 Å². The molecule has 1 atom stereocenters. The smallest absolute Gasteiger partial charge is 0.146 e. The number of anilines is 1. The molecule has 0 aromatic carbocycles. The lowest BCUT2D eigenvalue weighted by Gasteiger charge is -2.43. The summed E-state index contributed by atoms with van der Waals surface area (Å²) in [6.45, 7) is 2.59. The third-order valence-electron chi connectivity index (χ3n) is 5.75. The molecule has 0 bridgehead atoms. The number of methoxy groups -OCH3 is 1. The second kappa shape index (κ2) is 8.16. The van der Waals surface area contributed by atoms with Crippen molar-refractivity contribution in [3.05, 3.63) is 22.9 Å². The van der Waals surface area contributed by atoms with Gasteiger partial charge in [0.05, 0.1) is 12.2 Å². The molecule has 0 saturated carbocycles. The van der Waals surface area contributed by atoms with E-state index < -0.39 is 0 Å². The van der Waals surface area contributed by atoms with E-state index in [1.807, 2.05) is 0 Å². The topological polar surface area (TPSA) is 69.4 Å². The lowest BCUT2D eigenvalue weighted by atomic mass is 9.77. The molecule has 1 aliphatic carbocycles. The van der Waals surface area contributed by atoms with E-state index >= 15 is 0 Å². The highest BCUT2D eigenvalue weighted by atomic mass is 16.5. The minimum atomic E-state index is -0.110. The zero-order chi connectivity index (χ0) is 17.7. The molecule has 1 fully saturated rings. The van der Waals surface area contributed by atoms with Crippen LogP contribution in [0, 0.1) is 16.7 Å². The molecule has 1 aromatic rings. The van der Waals surface area contributed by atoms with E-state index in [2.05, 4.69) is 17.0 Å². The van der Waals surface area contributed by atoms with Crippen molar-refractivity contribution in [2.75, 3.05) is 38.3 Å². The highest BCUT2D eigenvalue weighted by molar-refractivity contribution is 5.57. The van der Waals surface area contributed by atoms with Crippen molar-refractivity contribution in [1.82, 2.24) is 4.98 Å². The van der Waals surface area contributed by atoms with Crippen LogP contribution in [-0.4, -0.2) is 43.5 Å². The number of pyridine rings is 1. The van der Waals surface area contributed by atoms with Gasteiger partial charge in [-0.3, -0.25) is 0 Å². The van der Waals surface area contributed by atoms with Crippen molar-refractivity contribution in [2.45, 2.75) is 51.4 Å². The Kier molecular flexibility index (Phi) is 5.93. The average Bonchev–Trinajstić information content (AvgIpc) is 2.67. The van der Waals surface area contributed by atoms with Gasteiger partial charge in [0, 0.05) is 37.9 Å². The molecule has 1 N–H and O–H groups in total. The van der Waals surface area contributed by atoms with Crippen LogP contribution in [0.4, 0.5) is 5.82 Å². The van der Waals surface area contributed by atoms with E-state index in [-0.39, 0.29) is 12.0 Å². The number of nitriles is 1. The Morgan fingerprint density at radius 2 is 2.20 bits per heavy atom. The molecule has 25 heavy (non-hydrogen) atoms. The number of aliphatic hydroxyl groups is 1. The molecule has 1 aliphatic heterocycles. The molecule has 5 heteroatoms. The minimum absolute atomic E-state index is 0.110. The van der Waals surface area contributed by atoms with E-state index in [9.17, 15) is 10.4 Å². The van der Waals surface area contributed by atoms with Gasteiger partial charge in [-0.15, -0.1) is 0 Å². The van der Waals surface area contributed by atoms with Gasteiger partial charge in [0.2, 0.25) is 0 Å². The Morgan fingerprint density at radius 3 is 2.96 bits per heavy atom. The van der Waals surface area contributed by atoms with Gasteiger partial charge in [-0.1, -0.05) is 0 Å². The van der Waals surface area contributed by atoms with Crippen LogP contribution in [0.25, 0.3) is 0 Å². The van der Waals surface area contributed by atoms with Crippen LogP contribution in [0.15, 0.2) is 6.07 Å². The van der Waals surface area contributed by atoms with Crippen LogP contribution in [0.1, 0.15) is 55.3 Å². The lowest BCUT2D eigenvalue weighted by Crippen LogP contribution is -2.46. The van der Waals surface area contributed by atoms with E-state index in [1.54, 1.807) is 7.11 Å². The molecular weight excluding hydrogens is 314 g/mol. The number of aromatic nitrogens is 1. The van der Waals surface area contributed by atoms with Crippen LogP contribution >= 0.6 is 0 Å². The van der Waals surface area contributed by atoms with Crippen molar-refractivity contribution in [3.63, 3.8) is 0 Å². The summed E-state index contributed by atoms with van der Waals surface area (Å²) in [6, 6.07) is 4.41. The molecule has 1 aromatic heterocycles. The van der Waals surface area contributed by atoms with Crippen LogP contribution < -0.4 is 4.90 Å². The summed E-state index contributed by atoms with van der Waals surface area (Å²) in [7, 11) is 1.72. The van der Waals surface area contributed by atoms with Gasteiger partial charge >= 0.3 is 0 Å². The Labute approximate surface area is 150 Å². The zero-order valence-electron chi connectivity index (χ0n) is 15.3. The number of fused-ring (bicyclic) bond motifs is 1. The Morgan fingerprint density at radius 1 is 1.36 bits per heavy atom. The molecule has 1 unspecified atom stereocenters. The van der Waals surface area contributed by atoms with Gasteiger partial charge in [-0.05, 0) is 63.0 Å². The van der Waals surface area contributed by atoms with Gasteiger partial charge in [0.1, 0.15) is 11.9 Å². The van der Waals surface area contributed by atoms with E-state index in [4.69, 9.17) is 9.72 Å². The Balaban J connectivity index is 1.84. The van der Waals surface area contributed by atoms with Gasteiger partial charge < -0.3 is 14.7 Å².